The summed E-state index contributed by atoms with van der Waals surface area (Å²) in [6.45, 7) is 0. The Morgan fingerprint density at radius 2 is 1.92 bits per heavy atom. The maximum absolute atomic E-state index is 14.4. The molecule has 1 heterocycles. The van der Waals surface area contributed by atoms with Crippen LogP contribution >= 0.6 is 0 Å². The smallest absolute Gasteiger partial charge is 0.253 e. The summed E-state index contributed by atoms with van der Waals surface area (Å²) in [5.41, 5.74) is 8.64. The summed E-state index contributed by atoms with van der Waals surface area (Å²) in [6, 6.07) is 16.3. The first-order valence-electron chi connectivity index (χ1n) is 7.84. The number of benzene rings is 2. The molecule has 2 N–H and O–H groups in total. The molecule has 0 fully saturated rings. The summed E-state index contributed by atoms with van der Waals surface area (Å²) < 4.78 is 19.6. The van der Waals surface area contributed by atoms with Gasteiger partial charge in [0, 0.05) is 32.1 Å². The Morgan fingerprint density at radius 3 is 2.60 bits per heavy atom. The van der Waals surface area contributed by atoms with Crippen molar-refractivity contribution in [1.29, 1.82) is 0 Å². The Balaban J connectivity index is 1.77. The minimum atomic E-state index is -0.262. The molecule has 0 aliphatic heterocycles. The number of hydrogen-bond acceptors (Lipinski definition) is 3. The standard InChI is InChI=1S/C19H19FN4O/c1-24(2)19(21)22-18-12-15(23-25-18)10-13-8-9-16(17(20)11-13)14-6-4-3-5-7-14/h3-9,11-12H,10H2,1-2H3,(H2,21,22). The predicted octanol–water partition coefficient (Wildman–Crippen LogP) is 3.58. The number of guanidine groups is 1. The Morgan fingerprint density at radius 1 is 1.16 bits per heavy atom. The van der Waals surface area contributed by atoms with Gasteiger partial charge in [-0.2, -0.15) is 4.99 Å². The molecular weight excluding hydrogens is 319 g/mol. The van der Waals surface area contributed by atoms with Crippen LogP contribution < -0.4 is 5.73 Å². The van der Waals surface area contributed by atoms with E-state index in [0.29, 0.717) is 29.5 Å². The van der Waals surface area contributed by atoms with Crippen LogP contribution in [0.4, 0.5) is 10.3 Å². The van der Waals surface area contributed by atoms with Crippen molar-refractivity contribution in [2.75, 3.05) is 14.1 Å². The number of aliphatic imine (C=N–C) groups is 1. The SMILES string of the molecule is CN(C)/C(N)=N/c1cc(Cc2ccc(-c3ccccc3)c(F)c2)no1. The summed E-state index contributed by atoms with van der Waals surface area (Å²) in [7, 11) is 3.57. The van der Waals surface area contributed by atoms with Crippen LogP contribution in [-0.4, -0.2) is 30.1 Å². The highest BCUT2D eigenvalue weighted by molar-refractivity contribution is 5.79. The van der Waals surface area contributed by atoms with Crippen LogP contribution in [0.1, 0.15) is 11.3 Å². The number of nitrogens with two attached hydrogens (primary N) is 1. The van der Waals surface area contributed by atoms with Gasteiger partial charge in [0.1, 0.15) is 5.82 Å². The van der Waals surface area contributed by atoms with Crippen LogP contribution in [-0.2, 0) is 6.42 Å². The van der Waals surface area contributed by atoms with E-state index in [1.807, 2.05) is 36.4 Å². The molecule has 0 amide bonds. The molecule has 1 aromatic heterocycles. The molecule has 25 heavy (non-hydrogen) atoms. The quantitative estimate of drug-likeness (QED) is 0.583. The molecule has 0 aliphatic carbocycles. The Bertz CT molecular complexity index is 887. The molecular formula is C19H19FN4O. The minimum Gasteiger partial charge on any atom is -0.369 e. The summed E-state index contributed by atoms with van der Waals surface area (Å²) in [5, 5.41) is 3.96. The van der Waals surface area contributed by atoms with Crippen molar-refractivity contribution in [3.63, 3.8) is 0 Å². The number of nitrogens with zero attached hydrogens (tertiary/aromatic N) is 3. The molecule has 5 nitrogen and oxygen atoms in total. The lowest BCUT2D eigenvalue weighted by atomic mass is 10.0. The van der Waals surface area contributed by atoms with Gasteiger partial charge in [-0.1, -0.05) is 47.6 Å². The molecule has 2 aromatic carbocycles. The second-order valence-electron chi connectivity index (χ2n) is 5.88. The largest absolute Gasteiger partial charge is 0.369 e. The van der Waals surface area contributed by atoms with Crippen molar-refractivity contribution in [3.8, 4) is 11.1 Å². The zero-order valence-electron chi connectivity index (χ0n) is 14.1. The third kappa shape index (κ3) is 4.03. The molecule has 0 saturated carbocycles. The molecule has 0 saturated heterocycles. The van der Waals surface area contributed by atoms with Crippen LogP contribution in [0.5, 0.6) is 0 Å². The van der Waals surface area contributed by atoms with E-state index in [1.165, 1.54) is 6.07 Å². The Hall–Kier alpha value is -3.15. The van der Waals surface area contributed by atoms with Gasteiger partial charge in [0.2, 0.25) is 0 Å². The van der Waals surface area contributed by atoms with Gasteiger partial charge in [-0.25, -0.2) is 4.39 Å². The van der Waals surface area contributed by atoms with Crippen molar-refractivity contribution in [2.45, 2.75) is 6.42 Å². The first-order valence-corrected chi connectivity index (χ1v) is 7.84. The average Bonchev–Trinajstić information content (AvgIpc) is 3.02. The summed E-state index contributed by atoms with van der Waals surface area (Å²) in [5.74, 6) is 0.380. The molecule has 3 rings (SSSR count). The minimum absolute atomic E-state index is 0.262. The molecule has 3 aromatic rings. The van der Waals surface area contributed by atoms with Gasteiger partial charge >= 0.3 is 0 Å². The highest BCUT2D eigenvalue weighted by atomic mass is 19.1. The lowest BCUT2D eigenvalue weighted by molar-refractivity contribution is 0.422. The second kappa shape index (κ2) is 7.17. The first-order chi connectivity index (χ1) is 12.0. The zero-order valence-corrected chi connectivity index (χ0v) is 14.1. The predicted molar refractivity (Wildman–Crippen MR) is 96.1 cm³/mol. The first kappa shape index (κ1) is 16.7. The van der Waals surface area contributed by atoms with Crippen molar-refractivity contribution in [1.82, 2.24) is 10.1 Å². The van der Waals surface area contributed by atoms with Crippen molar-refractivity contribution in [3.05, 3.63) is 71.7 Å². The fourth-order valence-corrected chi connectivity index (χ4v) is 2.38. The third-order valence-corrected chi connectivity index (χ3v) is 3.73. The molecule has 0 atom stereocenters. The molecule has 0 bridgehead atoms. The van der Waals surface area contributed by atoms with Crippen molar-refractivity contribution < 1.29 is 8.91 Å². The number of hydrogen-bond donors (Lipinski definition) is 1. The van der Waals surface area contributed by atoms with E-state index in [0.717, 1.165) is 11.1 Å². The third-order valence-electron chi connectivity index (χ3n) is 3.73. The van der Waals surface area contributed by atoms with Gasteiger partial charge in [-0.3, -0.25) is 0 Å². The Kier molecular flexibility index (Phi) is 4.79. The van der Waals surface area contributed by atoms with E-state index >= 15 is 0 Å². The van der Waals surface area contributed by atoms with Crippen LogP contribution in [0, 0.1) is 5.82 Å². The van der Waals surface area contributed by atoms with Crippen molar-refractivity contribution >= 4 is 11.8 Å². The summed E-state index contributed by atoms with van der Waals surface area (Å²) in [4.78, 5) is 5.78. The van der Waals surface area contributed by atoms with E-state index in [4.69, 9.17) is 10.3 Å². The van der Waals surface area contributed by atoms with Crippen LogP contribution in [0.15, 0.2) is 64.1 Å². The second-order valence-corrected chi connectivity index (χ2v) is 5.88. The monoisotopic (exact) mass is 338 g/mol. The molecule has 0 spiro atoms. The van der Waals surface area contributed by atoms with Gasteiger partial charge in [-0.05, 0) is 17.2 Å². The lowest BCUT2D eigenvalue weighted by Gasteiger charge is -2.08. The molecule has 128 valence electrons. The fourth-order valence-electron chi connectivity index (χ4n) is 2.38. The zero-order chi connectivity index (χ0) is 17.8. The normalized spacial score (nSPS) is 11.6. The average molecular weight is 338 g/mol. The maximum atomic E-state index is 14.4. The number of aromatic nitrogens is 1. The fraction of sp³-hybridized carbons (Fsp3) is 0.158. The number of halogens is 1. The van der Waals surface area contributed by atoms with Crippen LogP contribution in [0.25, 0.3) is 11.1 Å². The van der Waals surface area contributed by atoms with E-state index in [2.05, 4.69) is 10.1 Å². The van der Waals surface area contributed by atoms with Gasteiger partial charge in [0.25, 0.3) is 5.88 Å². The van der Waals surface area contributed by atoms with Crippen molar-refractivity contribution in [2.24, 2.45) is 10.7 Å². The van der Waals surface area contributed by atoms with E-state index in [1.54, 1.807) is 31.1 Å². The van der Waals surface area contributed by atoms with Crippen LogP contribution in [0.3, 0.4) is 0 Å². The summed E-state index contributed by atoms with van der Waals surface area (Å²) >= 11 is 0. The van der Waals surface area contributed by atoms with Gasteiger partial charge in [0.15, 0.2) is 5.96 Å². The summed E-state index contributed by atoms with van der Waals surface area (Å²) in [6.07, 6.45) is 0.451. The lowest BCUT2D eigenvalue weighted by Crippen LogP contribution is -2.29. The molecule has 0 aliphatic rings. The highest BCUT2D eigenvalue weighted by Gasteiger charge is 2.09. The van der Waals surface area contributed by atoms with Gasteiger partial charge in [0.05, 0.1) is 5.69 Å². The molecule has 6 heteroatoms. The van der Waals surface area contributed by atoms with E-state index in [9.17, 15) is 4.39 Å². The Labute approximate surface area is 145 Å². The number of rotatable bonds is 4. The topological polar surface area (TPSA) is 67.7 Å². The van der Waals surface area contributed by atoms with Gasteiger partial charge in [-0.15, -0.1) is 0 Å². The highest BCUT2D eigenvalue weighted by Crippen LogP contribution is 2.24. The molecule has 0 radical (unpaired) electrons. The van der Waals surface area contributed by atoms with E-state index in [-0.39, 0.29) is 5.82 Å². The van der Waals surface area contributed by atoms with Crippen LogP contribution in [0.2, 0.25) is 0 Å². The van der Waals surface area contributed by atoms with Gasteiger partial charge < -0.3 is 15.2 Å². The maximum Gasteiger partial charge on any atom is 0.253 e. The molecule has 0 unspecified atom stereocenters. The van der Waals surface area contributed by atoms with E-state index < -0.39 is 0 Å².